The van der Waals surface area contributed by atoms with E-state index < -0.39 is 36.0 Å². The fourth-order valence-corrected chi connectivity index (χ4v) is 4.74. The molecule has 0 saturated carbocycles. The maximum Gasteiger partial charge on any atom is 0.329 e. The zero-order chi connectivity index (χ0) is 28.5. The number of fused-ring (bicyclic) bond motifs is 3. The summed E-state index contributed by atoms with van der Waals surface area (Å²) in [5.41, 5.74) is 0.806. The molecule has 1 saturated heterocycles. The molecule has 0 aromatic carbocycles. The van der Waals surface area contributed by atoms with Gasteiger partial charge in [0.05, 0.1) is 12.5 Å². The highest BCUT2D eigenvalue weighted by molar-refractivity contribution is 5.95. The van der Waals surface area contributed by atoms with Crippen molar-refractivity contribution in [3.63, 3.8) is 0 Å². The van der Waals surface area contributed by atoms with Gasteiger partial charge in [-0.2, -0.15) is 0 Å². The second-order valence-corrected chi connectivity index (χ2v) is 10.2. The molecule has 2 amide bonds. The summed E-state index contributed by atoms with van der Waals surface area (Å²) in [6.45, 7) is 5.68. The van der Waals surface area contributed by atoms with Crippen LogP contribution in [0.2, 0.25) is 0 Å². The third-order valence-electron chi connectivity index (χ3n) is 6.84. The molecule has 2 aliphatic heterocycles. The molecule has 0 unspecified atom stereocenters. The van der Waals surface area contributed by atoms with E-state index in [1.807, 2.05) is 0 Å². The maximum absolute atomic E-state index is 13.2. The molecule has 0 spiro atoms. The fourth-order valence-electron chi connectivity index (χ4n) is 4.74. The second kappa shape index (κ2) is 14.0. The lowest BCUT2D eigenvalue weighted by Gasteiger charge is -2.30. The van der Waals surface area contributed by atoms with Crippen LogP contribution >= 0.6 is 0 Å². The molecule has 1 aromatic heterocycles. The Morgan fingerprint density at radius 3 is 2.74 bits per heavy atom. The lowest BCUT2D eigenvalue weighted by atomic mass is 9.93. The molecule has 212 valence electrons. The topological polar surface area (TPSA) is 162 Å². The number of hydrogen-bond donors (Lipinski definition) is 4. The molecule has 3 heterocycles. The first-order valence-electron chi connectivity index (χ1n) is 13.3. The Kier molecular flexibility index (Phi) is 10.8. The number of carbonyl (C=O) groups is 4. The summed E-state index contributed by atoms with van der Waals surface area (Å²) in [6.07, 6.45) is 8.50. The van der Waals surface area contributed by atoms with Crippen LogP contribution in [-0.4, -0.2) is 86.6 Å². The zero-order valence-electron chi connectivity index (χ0n) is 22.6. The Balaban J connectivity index is 1.87. The van der Waals surface area contributed by atoms with Crippen molar-refractivity contribution in [2.24, 2.45) is 11.8 Å². The van der Waals surface area contributed by atoms with Crippen molar-refractivity contribution >= 4 is 23.6 Å². The molecule has 4 N–H and O–H groups in total. The molecule has 1 fully saturated rings. The average Bonchev–Trinajstić information content (AvgIpc) is 3.57. The van der Waals surface area contributed by atoms with Crippen LogP contribution in [0.25, 0.3) is 0 Å². The molecule has 2 aliphatic rings. The highest BCUT2D eigenvalue weighted by Crippen LogP contribution is 2.25. The number of amides is 2. The molecular formula is C28H38N4O7. The summed E-state index contributed by atoms with van der Waals surface area (Å²) >= 11 is 0. The molecule has 2 bridgehead atoms. The first kappa shape index (κ1) is 30.0. The number of aromatic nitrogens is 2. The number of rotatable bonds is 2. The molecular weight excluding hydrogens is 504 g/mol. The van der Waals surface area contributed by atoms with Gasteiger partial charge in [-0.1, -0.05) is 43.7 Å². The van der Waals surface area contributed by atoms with Crippen molar-refractivity contribution in [2.45, 2.75) is 64.7 Å². The predicted molar refractivity (Wildman–Crippen MR) is 142 cm³/mol. The third kappa shape index (κ3) is 8.46. The van der Waals surface area contributed by atoms with Gasteiger partial charge in [0.2, 0.25) is 5.91 Å². The van der Waals surface area contributed by atoms with Crippen molar-refractivity contribution in [3.05, 3.63) is 53.7 Å². The average molecular weight is 543 g/mol. The Bertz CT molecular complexity index is 1140. The van der Waals surface area contributed by atoms with Crippen LogP contribution in [0.5, 0.6) is 0 Å². The van der Waals surface area contributed by atoms with E-state index in [1.54, 1.807) is 45.1 Å². The summed E-state index contributed by atoms with van der Waals surface area (Å²) in [5.74, 6) is -2.14. The van der Waals surface area contributed by atoms with E-state index in [2.05, 4.69) is 15.3 Å². The molecule has 1 aromatic rings. The van der Waals surface area contributed by atoms with E-state index in [9.17, 15) is 29.4 Å². The van der Waals surface area contributed by atoms with E-state index >= 15 is 0 Å². The Labute approximate surface area is 228 Å². The molecule has 11 nitrogen and oxygen atoms in total. The number of esters is 1. The minimum Gasteiger partial charge on any atom is -0.460 e. The van der Waals surface area contributed by atoms with Crippen LogP contribution in [0.3, 0.4) is 0 Å². The molecule has 39 heavy (non-hydrogen) atoms. The molecule has 5 atom stereocenters. The van der Waals surface area contributed by atoms with E-state index in [0.29, 0.717) is 25.2 Å². The summed E-state index contributed by atoms with van der Waals surface area (Å²) < 4.78 is 5.82. The van der Waals surface area contributed by atoms with Gasteiger partial charge in [0.1, 0.15) is 29.4 Å². The van der Waals surface area contributed by atoms with Crippen LogP contribution < -0.4 is 5.32 Å². The molecule has 0 aliphatic carbocycles. The smallest absolute Gasteiger partial charge is 0.329 e. The summed E-state index contributed by atoms with van der Waals surface area (Å²) in [4.78, 5) is 59.7. The second-order valence-electron chi connectivity index (χ2n) is 10.2. The fraction of sp³-hybridized carbons (Fsp3) is 0.536. The normalized spacial score (nSPS) is 30.0. The number of aliphatic hydroxyl groups excluding tert-OH is 2. The number of ketones is 1. The number of aliphatic hydroxyl groups is 2. The van der Waals surface area contributed by atoms with E-state index in [-0.39, 0.29) is 49.3 Å². The summed E-state index contributed by atoms with van der Waals surface area (Å²) in [5, 5.41) is 22.8. The van der Waals surface area contributed by atoms with Crippen LogP contribution in [-0.2, 0) is 25.5 Å². The maximum atomic E-state index is 13.2. The monoisotopic (exact) mass is 542 g/mol. The van der Waals surface area contributed by atoms with Crippen molar-refractivity contribution in [1.29, 1.82) is 0 Å². The minimum absolute atomic E-state index is 0.0832. The third-order valence-corrected chi connectivity index (χ3v) is 6.84. The quantitative estimate of drug-likeness (QED) is 0.406. The van der Waals surface area contributed by atoms with Gasteiger partial charge in [0, 0.05) is 44.1 Å². The zero-order valence-corrected chi connectivity index (χ0v) is 22.6. The van der Waals surface area contributed by atoms with Gasteiger partial charge in [-0.15, -0.1) is 0 Å². The predicted octanol–water partition coefficient (Wildman–Crippen LogP) is 1.24. The van der Waals surface area contributed by atoms with Crippen LogP contribution in [0.1, 0.15) is 56.3 Å². The number of hydrogen-bond acceptors (Lipinski definition) is 8. The van der Waals surface area contributed by atoms with Gasteiger partial charge in [0.25, 0.3) is 5.91 Å². The van der Waals surface area contributed by atoms with Gasteiger partial charge >= 0.3 is 5.97 Å². The number of Topliss-reactive ketones (excluding diaryl/α,β-unsaturated/α-hetero) is 1. The number of nitrogens with one attached hydrogen (secondary N) is 2. The Morgan fingerprint density at radius 1 is 1.23 bits per heavy atom. The van der Waals surface area contributed by atoms with Crippen molar-refractivity contribution < 1.29 is 34.1 Å². The van der Waals surface area contributed by atoms with Gasteiger partial charge in [0.15, 0.2) is 0 Å². The van der Waals surface area contributed by atoms with Crippen molar-refractivity contribution in [2.75, 3.05) is 19.7 Å². The molecule has 0 radical (unpaired) electrons. The molecule has 11 heteroatoms. The van der Waals surface area contributed by atoms with E-state index in [1.165, 1.54) is 17.2 Å². The largest absolute Gasteiger partial charge is 0.460 e. The number of carbonyl (C=O) groups excluding carboxylic acids is 4. The van der Waals surface area contributed by atoms with Crippen LogP contribution in [0.15, 0.2) is 42.2 Å². The highest BCUT2D eigenvalue weighted by atomic mass is 16.5. The number of aromatic amines is 1. The summed E-state index contributed by atoms with van der Waals surface area (Å²) in [7, 11) is 0. The number of ether oxygens (including phenoxy) is 1. The number of H-pyrrole nitrogens is 1. The van der Waals surface area contributed by atoms with E-state index in [4.69, 9.17) is 4.74 Å². The van der Waals surface area contributed by atoms with Crippen molar-refractivity contribution in [3.8, 4) is 0 Å². The van der Waals surface area contributed by atoms with E-state index in [0.717, 1.165) is 5.57 Å². The van der Waals surface area contributed by atoms with Gasteiger partial charge in [-0.3, -0.25) is 14.4 Å². The van der Waals surface area contributed by atoms with Crippen molar-refractivity contribution in [1.82, 2.24) is 20.2 Å². The number of cyclic esters (lactones) is 1. The molecule has 3 rings (SSSR count). The standard InChI is InChI=1S/C28H38N4O7/c1-17-6-4-10-29-25(36)9-8-18(2)26(19(3)16-33)39-28(38)23-7-5-11-32(23)27(37)22-15-30-24(31-22)14-21(35)13-20(34)12-17/h4,6,8-9,12,15,18-20,23,26,33-34H,5,7,10-11,13-14,16H2,1-3H3,(H,29,36)(H,30,31)/b6-4+,9-8+,17-12+/t18-,19-,20-,23-,26+/m1/s1. The number of nitrogens with zero attached hydrogens (tertiary/aromatic N) is 2. The lowest BCUT2D eigenvalue weighted by Crippen LogP contribution is -2.44. The lowest BCUT2D eigenvalue weighted by molar-refractivity contribution is -0.159. The first-order valence-corrected chi connectivity index (χ1v) is 13.3. The van der Waals surface area contributed by atoms with Gasteiger partial charge < -0.3 is 30.2 Å². The Hall–Kier alpha value is -3.57. The van der Waals surface area contributed by atoms with Crippen LogP contribution in [0.4, 0.5) is 0 Å². The Morgan fingerprint density at radius 2 is 2.00 bits per heavy atom. The summed E-state index contributed by atoms with van der Waals surface area (Å²) in [6, 6.07) is -0.814. The minimum atomic E-state index is -0.996. The number of imidazole rings is 1. The first-order chi connectivity index (χ1) is 18.6. The number of allylic oxidation sites excluding steroid dienone is 2. The SMILES string of the molecule is CC1=C\[C@@H](O)CC(=O)Cc2nc(c[nH]2)C(=O)N2CCC[C@@H]2C(=O)O[C@H]([C@H](C)CO)[C@H](C)/C=C/C(=O)NC\C=C\1. The van der Waals surface area contributed by atoms with Gasteiger partial charge in [-0.05, 0) is 25.8 Å². The van der Waals surface area contributed by atoms with Crippen LogP contribution in [0, 0.1) is 11.8 Å². The van der Waals surface area contributed by atoms with Gasteiger partial charge in [-0.25, -0.2) is 9.78 Å². The highest BCUT2D eigenvalue weighted by Gasteiger charge is 2.38.